The number of hydrogen-bond acceptors (Lipinski definition) is 3. The van der Waals surface area contributed by atoms with E-state index < -0.39 is 0 Å². The lowest BCUT2D eigenvalue weighted by Gasteiger charge is -2.57. The van der Waals surface area contributed by atoms with Gasteiger partial charge in [-0.2, -0.15) is 0 Å². The number of hydrogen-bond donors (Lipinski definition) is 2. The summed E-state index contributed by atoms with van der Waals surface area (Å²) in [6.45, 7) is 2.04. The Balaban J connectivity index is 0.961. The van der Waals surface area contributed by atoms with Crippen molar-refractivity contribution in [3.05, 3.63) is 29.8 Å². The van der Waals surface area contributed by atoms with Crippen LogP contribution in [0.3, 0.4) is 0 Å². The summed E-state index contributed by atoms with van der Waals surface area (Å²) in [7, 11) is 4.06. The fourth-order valence-electron chi connectivity index (χ4n) is 7.20. The predicted octanol–water partition coefficient (Wildman–Crippen LogP) is 5.70. The van der Waals surface area contributed by atoms with Crippen molar-refractivity contribution >= 4 is 11.6 Å². The number of anilines is 1. The summed E-state index contributed by atoms with van der Waals surface area (Å²) in [6.07, 6.45) is 18.5. The molecule has 1 aromatic rings. The molecule has 0 radical (unpaired) electrons. The van der Waals surface area contributed by atoms with E-state index >= 15 is 0 Å². The van der Waals surface area contributed by atoms with E-state index in [4.69, 9.17) is 0 Å². The first-order valence-electron chi connectivity index (χ1n) is 13.8. The van der Waals surface area contributed by atoms with Crippen molar-refractivity contribution in [3.8, 4) is 0 Å². The van der Waals surface area contributed by atoms with Gasteiger partial charge in [0.2, 0.25) is 5.91 Å². The van der Waals surface area contributed by atoms with Gasteiger partial charge in [0, 0.05) is 31.9 Å². The van der Waals surface area contributed by atoms with Crippen molar-refractivity contribution in [2.24, 2.45) is 17.8 Å². The number of carbonyl (C=O) groups excluding carboxylic acids is 1. The second-order valence-corrected chi connectivity index (χ2v) is 11.7. The van der Waals surface area contributed by atoms with E-state index in [2.05, 4.69) is 27.7 Å². The topological polar surface area (TPSA) is 44.4 Å². The molecule has 2 N–H and O–H groups in total. The first kappa shape index (κ1) is 24.6. The van der Waals surface area contributed by atoms with Crippen LogP contribution < -0.4 is 15.5 Å². The number of amides is 1. The minimum Gasteiger partial charge on any atom is -0.378 e. The van der Waals surface area contributed by atoms with Gasteiger partial charge in [0.1, 0.15) is 0 Å². The third-order valence-electron chi connectivity index (χ3n) is 8.53. The van der Waals surface area contributed by atoms with Crippen LogP contribution in [-0.2, 0) is 11.2 Å². The van der Waals surface area contributed by atoms with E-state index in [1.165, 1.54) is 83.6 Å². The molecule has 4 heteroatoms. The summed E-state index contributed by atoms with van der Waals surface area (Å²) in [5.74, 6) is 3.27. The number of benzene rings is 1. The Morgan fingerprint density at radius 2 is 1.33 bits per heavy atom. The summed E-state index contributed by atoms with van der Waals surface area (Å²) in [6, 6.07) is 8.24. The Labute approximate surface area is 202 Å². The van der Waals surface area contributed by atoms with Crippen molar-refractivity contribution in [2.75, 3.05) is 32.1 Å². The highest BCUT2D eigenvalue weighted by molar-refractivity contribution is 5.78. The first-order chi connectivity index (χ1) is 16.0. The molecule has 0 unspecified atom stereocenters. The molecular formula is C29H47N3O. The normalized spacial score (nSPS) is 27.6. The van der Waals surface area contributed by atoms with Gasteiger partial charge in [-0.25, -0.2) is 0 Å². The van der Waals surface area contributed by atoms with Crippen LogP contribution in [0.25, 0.3) is 0 Å². The van der Waals surface area contributed by atoms with Crippen LogP contribution >= 0.6 is 0 Å². The number of nitrogens with zero attached hydrogens (tertiary/aromatic N) is 1. The van der Waals surface area contributed by atoms with Crippen LogP contribution in [0, 0.1) is 17.8 Å². The maximum atomic E-state index is 12.1. The number of nitrogens with one attached hydrogen (secondary N) is 2. The fourth-order valence-corrected chi connectivity index (χ4v) is 7.20. The van der Waals surface area contributed by atoms with E-state index in [-0.39, 0.29) is 5.91 Å². The van der Waals surface area contributed by atoms with Gasteiger partial charge in [0.15, 0.2) is 0 Å². The predicted molar refractivity (Wildman–Crippen MR) is 139 cm³/mol. The molecule has 4 bridgehead atoms. The minimum absolute atomic E-state index is 0.138. The van der Waals surface area contributed by atoms with Crippen molar-refractivity contribution in [1.82, 2.24) is 10.6 Å². The van der Waals surface area contributed by atoms with Gasteiger partial charge in [-0.05, 0) is 93.4 Å². The van der Waals surface area contributed by atoms with E-state index in [0.717, 1.165) is 42.0 Å². The van der Waals surface area contributed by atoms with E-state index in [1.54, 1.807) is 0 Å². The average molecular weight is 454 g/mol. The fraction of sp³-hybridized carbons (Fsp3) is 0.759. The van der Waals surface area contributed by atoms with Crippen molar-refractivity contribution in [1.29, 1.82) is 0 Å². The monoisotopic (exact) mass is 453 g/mol. The van der Waals surface area contributed by atoms with Crippen molar-refractivity contribution < 1.29 is 4.79 Å². The molecule has 4 aliphatic rings. The lowest BCUT2D eigenvalue weighted by atomic mass is 9.53. The molecule has 4 aliphatic carbocycles. The number of rotatable bonds is 14. The zero-order valence-electron chi connectivity index (χ0n) is 21.2. The van der Waals surface area contributed by atoms with E-state index in [1.807, 2.05) is 26.2 Å². The van der Waals surface area contributed by atoms with Gasteiger partial charge >= 0.3 is 0 Å². The Morgan fingerprint density at radius 1 is 0.818 bits per heavy atom. The molecule has 4 nitrogen and oxygen atoms in total. The molecule has 1 amide bonds. The van der Waals surface area contributed by atoms with E-state index in [0.29, 0.717) is 12.0 Å². The highest BCUT2D eigenvalue weighted by Gasteiger charge is 2.50. The van der Waals surface area contributed by atoms with Gasteiger partial charge < -0.3 is 15.5 Å². The third-order valence-corrected chi connectivity index (χ3v) is 8.53. The largest absolute Gasteiger partial charge is 0.378 e. The van der Waals surface area contributed by atoms with Gasteiger partial charge in [-0.1, -0.05) is 44.2 Å². The average Bonchev–Trinajstić information content (AvgIpc) is 2.77. The zero-order chi connectivity index (χ0) is 23.1. The lowest BCUT2D eigenvalue weighted by molar-refractivity contribution is -0.120. The molecule has 1 aromatic carbocycles. The molecule has 0 heterocycles. The van der Waals surface area contributed by atoms with E-state index in [9.17, 15) is 4.79 Å². The molecule has 5 rings (SSSR count). The Hall–Kier alpha value is -1.55. The zero-order valence-corrected chi connectivity index (χ0v) is 21.2. The third kappa shape index (κ3) is 7.21. The van der Waals surface area contributed by atoms with Gasteiger partial charge in [-0.15, -0.1) is 0 Å². The molecule has 0 spiro atoms. The Morgan fingerprint density at radius 3 is 1.88 bits per heavy atom. The van der Waals surface area contributed by atoms with Crippen LogP contribution in [-0.4, -0.2) is 38.6 Å². The summed E-state index contributed by atoms with van der Waals surface area (Å²) >= 11 is 0. The second kappa shape index (κ2) is 11.7. The lowest BCUT2D eigenvalue weighted by Crippen LogP contribution is -2.58. The van der Waals surface area contributed by atoms with Crippen LogP contribution in [0.2, 0.25) is 0 Å². The minimum atomic E-state index is 0.138. The molecular weight excluding hydrogens is 406 g/mol. The summed E-state index contributed by atoms with van der Waals surface area (Å²) in [5.41, 5.74) is 2.78. The molecule has 0 aliphatic heterocycles. The Bertz CT molecular complexity index is 706. The molecule has 0 atom stereocenters. The highest BCUT2D eigenvalue weighted by atomic mass is 16.1. The SMILES string of the molecule is CN(C)c1ccc(CC(=O)NCCCCCCCCCNC23CC4CC(CC(C4)C2)C3)cc1. The van der Waals surface area contributed by atoms with Gasteiger partial charge in [-0.3, -0.25) is 4.79 Å². The van der Waals surface area contributed by atoms with Crippen molar-refractivity contribution in [2.45, 2.75) is 95.4 Å². The van der Waals surface area contributed by atoms with Crippen molar-refractivity contribution in [3.63, 3.8) is 0 Å². The van der Waals surface area contributed by atoms with Crippen LogP contribution in [0.5, 0.6) is 0 Å². The molecule has 4 fully saturated rings. The van der Waals surface area contributed by atoms with Crippen LogP contribution in [0.15, 0.2) is 24.3 Å². The molecule has 184 valence electrons. The quantitative estimate of drug-likeness (QED) is 0.355. The summed E-state index contributed by atoms with van der Waals surface area (Å²) < 4.78 is 0. The van der Waals surface area contributed by atoms with Gasteiger partial charge in [0.05, 0.1) is 6.42 Å². The summed E-state index contributed by atoms with van der Waals surface area (Å²) in [4.78, 5) is 14.2. The Kier molecular flexibility index (Phi) is 8.73. The van der Waals surface area contributed by atoms with Crippen LogP contribution in [0.1, 0.15) is 89.0 Å². The van der Waals surface area contributed by atoms with Gasteiger partial charge in [0.25, 0.3) is 0 Å². The number of carbonyl (C=O) groups is 1. The maximum absolute atomic E-state index is 12.1. The molecule has 4 saturated carbocycles. The standard InChI is InChI=1S/C29H47N3O/c1-32(2)27-12-10-23(11-13-27)19-28(33)30-14-8-6-4-3-5-7-9-15-31-29-20-24-16-25(21-29)18-26(17-24)22-29/h10-13,24-26,31H,3-9,14-22H2,1-2H3,(H,30,33). The molecule has 33 heavy (non-hydrogen) atoms. The summed E-state index contributed by atoms with van der Waals surface area (Å²) in [5, 5.41) is 7.12. The first-order valence-corrected chi connectivity index (χ1v) is 13.8. The second-order valence-electron chi connectivity index (χ2n) is 11.7. The number of unbranched alkanes of at least 4 members (excludes halogenated alkanes) is 6. The smallest absolute Gasteiger partial charge is 0.224 e. The molecule has 0 aromatic heterocycles. The maximum Gasteiger partial charge on any atom is 0.224 e. The van der Waals surface area contributed by atoms with Crippen LogP contribution in [0.4, 0.5) is 5.69 Å². The molecule has 0 saturated heterocycles. The highest BCUT2D eigenvalue weighted by Crippen LogP contribution is 2.55.